The average molecular weight is 283 g/mol. The molecule has 1 amide bonds. The van der Waals surface area contributed by atoms with E-state index in [1.54, 1.807) is 14.0 Å². The van der Waals surface area contributed by atoms with Crippen LogP contribution in [0.15, 0.2) is 36.4 Å². The monoisotopic (exact) mass is 283 g/mol. The number of carbonyl (C=O) groups is 1. The molecule has 0 radical (unpaired) electrons. The van der Waals surface area contributed by atoms with Crippen LogP contribution in [0.3, 0.4) is 0 Å². The number of piperidine rings is 1. The van der Waals surface area contributed by atoms with Crippen LogP contribution in [0, 0.1) is 0 Å². The van der Waals surface area contributed by atoms with E-state index in [4.69, 9.17) is 4.74 Å². The molecule has 3 rings (SSSR count). The number of hydrogen-bond donors (Lipinski definition) is 0. The number of likely N-dealkylation sites (tertiary alicyclic amines) is 1. The molecular formula is C18H21NO2. The van der Waals surface area contributed by atoms with Gasteiger partial charge in [-0.1, -0.05) is 36.4 Å². The second-order valence-corrected chi connectivity index (χ2v) is 5.69. The lowest BCUT2D eigenvalue weighted by molar-refractivity contribution is -0.129. The second kappa shape index (κ2) is 5.76. The van der Waals surface area contributed by atoms with Gasteiger partial charge in [0.15, 0.2) is 0 Å². The number of ether oxygens (including phenoxy) is 1. The molecule has 0 atom stereocenters. The third-order valence-corrected chi connectivity index (χ3v) is 4.49. The molecule has 0 spiro atoms. The smallest absolute Gasteiger partial charge is 0.219 e. The van der Waals surface area contributed by atoms with Gasteiger partial charge in [-0.15, -0.1) is 0 Å². The number of hydrogen-bond acceptors (Lipinski definition) is 2. The summed E-state index contributed by atoms with van der Waals surface area (Å²) in [6.45, 7) is 3.34. The Balaban J connectivity index is 1.92. The standard InChI is InChI=1S/C18H21NO2/c1-13(20)19-11-9-15(10-12-19)17-8-7-14-5-3-4-6-16(14)18(17)21-2/h3-8,15H,9-12H2,1-2H3. The summed E-state index contributed by atoms with van der Waals surface area (Å²) < 4.78 is 5.71. The highest BCUT2D eigenvalue weighted by atomic mass is 16.5. The normalized spacial score (nSPS) is 16.2. The van der Waals surface area contributed by atoms with Crippen LogP contribution >= 0.6 is 0 Å². The van der Waals surface area contributed by atoms with Crippen molar-refractivity contribution in [1.82, 2.24) is 4.90 Å². The summed E-state index contributed by atoms with van der Waals surface area (Å²) in [6, 6.07) is 12.7. The van der Waals surface area contributed by atoms with Gasteiger partial charge in [-0.3, -0.25) is 4.79 Å². The van der Waals surface area contributed by atoms with Crippen molar-refractivity contribution in [2.75, 3.05) is 20.2 Å². The van der Waals surface area contributed by atoms with E-state index in [1.807, 2.05) is 17.0 Å². The summed E-state index contributed by atoms with van der Waals surface area (Å²) in [5.74, 6) is 1.65. The quantitative estimate of drug-likeness (QED) is 0.843. The number of fused-ring (bicyclic) bond motifs is 1. The Morgan fingerprint density at radius 2 is 1.86 bits per heavy atom. The summed E-state index contributed by atoms with van der Waals surface area (Å²) in [6.07, 6.45) is 2.02. The fourth-order valence-corrected chi connectivity index (χ4v) is 3.31. The summed E-state index contributed by atoms with van der Waals surface area (Å²) in [7, 11) is 1.75. The number of benzene rings is 2. The second-order valence-electron chi connectivity index (χ2n) is 5.69. The van der Waals surface area contributed by atoms with E-state index in [2.05, 4.69) is 24.3 Å². The molecule has 3 nitrogen and oxygen atoms in total. The highest BCUT2D eigenvalue weighted by molar-refractivity contribution is 5.89. The van der Waals surface area contributed by atoms with E-state index in [0.29, 0.717) is 5.92 Å². The summed E-state index contributed by atoms with van der Waals surface area (Å²) in [4.78, 5) is 13.4. The van der Waals surface area contributed by atoms with Crippen LogP contribution in [-0.2, 0) is 4.79 Å². The van der Waals surface area contributed by atoms with E-state index in [9.17, 15) is 4.79 Å². The van der Waals surface area contributed by atoms with Crippen LogP contribution in [0.25, 0.3) is 10.8 Å². The first-order valence-electron chi connectivity index (χ1n) is 7.52. The van der Waals surface area contributed by atoms with E-state index >= 15 is 0 Å². The highest BCUT2D eigenvalue weighted by Gasteiger charge is 2.24. The molecule has 0 unspecified atom stereocenters. The maximum absolute atomic E-state index is 11.4. The van der Waals surface area contributed by atoms with Crippen molar-refractivity contribution in [3.8, 4) is 5.75 Å². The van der Waals surface area contributed by atoms with E-state index in [-0.39, 0.29) is 5.91 Å². The number of nitrogens with zero attached hydrogens (tertiary/aromatic N) is 1. The minimum absolute atomic E-state index is 0.180. The molecule has 0 aliphatic carbocycles. The molecule has 1 heterocycles. The fourth-order valence-electron chi connectivity index (χ4n) is 3.31. The van der Waals surface area contributed by atoms with Crippen molar-refractivity contribution in [3.63, 3.8) is 0 Å². The highest BCUT2D eigenvalue weighted by Crippen LogP contribution is 2.38. The van der Waals surface area contributed by atoms with Crippen LogP contribution < -0.4 is 4.74 Å². The van der Waals surface area contributed by atoms with E-state index in [0.717, 1.165) is 31.7 Å². The Bertz CT molecular complexity index is 657. The topological polar surface area (TPSA) is 29.5 Å². The van der Waals surface area contributed by atoms with Crippen LogP contribution in [0.1, 0.15) is 31.2 Å². The van der Waals surface area contributed by atoms with Crippen molar-refractivity contribution in [1.29, 1.82) is 0 Å². The van der Waals surface area contributed by atoms with Gasteiger partial charge in [-0.2, -0.15) is 0 Å². The zero-order valence-corrected chi connectivity index (χ0v) is 12.6. The molecule has 3 heteroatoms. The van der Waals surface area contributed by atoms with Gasteiger partial charge in [-0.25, -0.2) is 0 Å². The van der Waals surface area contributed by atoms with Crippen LogP contribution in [-0.4, -0.2) is 31.0 Å². The van der Waals surface area contributed by atoms with Gasteiger partial charge in [0.25, 0.3) is 0 Å². The molecule has 2 aromatic carbocycles. The lowest BCUT2D eigenvalue weighted by Crippen LogP contribution is -2.36. The Hall–Kier alpha value is -2.03. The average Bonchev–Trinajstić information content (AvgIpc) is 2.53. The lowest BCUT2D eigenvalue weighted by Gasteiger charge is -2.32. The van der Waals surface area contributed by atoms with Gasteiger partial charge >= 0.3 is 0 Å². The summed E-state index contributed by atoms with van der Waals surface area (Å²) >= 11 is 0. The maximum atomic E-state index is 11.4. The minimum Gasteiger partial charge on any atom is -0.496 e. The van der Waals surface area contributed by atoms with E-state index in [1.165, 1.54) is 16.3 Å². The largest absolute Gasteiger partial charge is 0.496 e. The number of methoxy groups -OCH3 is 1. The summed E-state index contributed by atoms with van der Waals surface area (Å²) in [5.41, 5.74) is 1.28. The van der Waals surface area contributed by atoms with Gasteiger partial charge in [0.1, 0.15) is 5.75 Å². The first-order chi connectivity index (χ1) is 10.2. The third kappa shape index (κ3) is 2.60. The predicted octanol–water partition coefficient (Wildman–Crippen LogP) is 3.57. The van der Waals surface area contributed by atoms with Crippen molar-refractivity contribution in [2.45, 2.75) is 25.7 Å². The van der Waals surface area contributed by atoms with Crippen LogP contribution in [0.5, 0.6) is 5.75 Å². The SMILES string of the molecule is COc1c(C2CCN(C(C)=O)CC2)ccc2ccccc12. The molecule has 21 heavy (non-hydrogen) atoms. The molecule has 0 N–H and O–H groups in total. The predicted molar refractivity (Wildman–Crippen MR) is 84.7 cm³/mol. The van der Waals surface area contributed by atoms with Gasteiger partial charge in [0.05, 0.1) is 7.11 Å². The molecule has 1 aliphatic rings. The maximum Gasteiger partial charge on any atom is 0.219 e. The van der Waals surface area contributed by atoms with Gasteiger partial charge in [0, 0.05) is 25.4 Å². The number of rotatable bonds is 2. The minimum atomic E-state index is 0.180. The van der Waals surface area contributed by atoms with Crippen LogP contribution in [0.2, 0.25) is 0 Å². The fraction of sp³-hybridized carbons (Fsp3) is 0.389. The van der Waals surface area contributed by atoms with Crippen molar-refractivity contribution < 1.29 is 9.53 Å². The number of amides is 1. The Morgan fingerprint density at radius 1 is 1.14 bits per heavy atom. The van der Waals surface area contributed by atoms with Crippen molar-refractivity contribution in [3.05, 3.63) is 42.0 Å². The van der Waals surface area contributed by atoms with Gasteiger partial charge in [-0.05, 0) is 29.7 Å². The molecule has 1 fully saturated rings. The molecule has 1 saturated heterocycles. The zero-order valence-electron chi connectivity index (χ0n) is 12.6. The van der Waals surface area contributed by atoms with E-state index < -0.39 is 0 Å². The summed E-state index contributed by atoms with van der Waals surface area (Å²) in [5, 5.41) is 2.38. The molecule has 0 saturated carbocycles. The molecule has 110 valence electrons. The lowest BCUT2D eigenvalue weighted by atomic mass is 9.87. The Labute approximate surface area is 125 Å². The first-order valence-corrected chi connectivity index (χ1v) is 7.52. The van der Waals surface area contributed by atoms with Gasteiger partial charge < -0.3 is 9.64 Å². The molecular weight excluding hydrogens is 262 g/mol. The van der Waals surface area contributed by atoms with Gasteiger partial charge in [0.2, 0.25) is 5.91 Å². The molecule has 2 aromatic rings. The molecule has 0 aromatic heterocycles. The Kier molecular flexibility index (Phi) is 3.82. The molecule has 0 bridgehead atoms. The van der Waals surface area contributed by atoms with Crippen molar-refractivity contribution >= 4 is 16.7 Å². The van der Waals surface area contributed by atoms with Crippen molar-refractivity contribution in [2.24, 2.45) is 0 Å². The third-order valence-electron chi connectivity index (χ3n) is 4.49. The van der Waals surface area contributed by atoms with Crippen LogP contribution in [0.4, 0.5) is 0 Å². The zero-order chi connectivity index (χ0) is 14.8. The Morgan fingerprint density at radius 3 is 2.52 bits per heavy atom. The number of carbonyl (C=O) groups excluding carboxylic acids is 1. The first kappa shape index (κ1) is 13.9. The molecule has 1 aliphatic heterocycles.